The SMILES string of the molecule is CC(F)(F)c1ccc(F)cc1F. The molecule has 0 aromatic heterocycles. The molecule has 4 heteroatoms. The van der Waals surface area contributed by atoms with Gasteiger partial charge in [0.2, 0.25) is 0 Å². The van der Waals surface area contributed by atoms with Gasteiger partial charge in [0.15, 0.2) is 0 Å². The van der Waals surface area contributed by atoms with Crippen molar-refractivity contribution in [3.8, 4) is 0 Å². The molecule has 0 saturated heterocycles. The van der Waals surface area contributed by atoms with Crippen LogP contribution in [0.3, 0.4) is 0 Å². The van der Waals surface area contributed by atoms with Crippen LogP contribution in [0.1, 0.15) is 12.5 Å². The molecule has 0 atom stereocenters. The smallest absolute Gasteiger partial charge is 0.207 e. The molecule has 0 amide bonds. The van der Waals surface area contributed by atoms with E-state index in [-0.39, 0.29) is 0 Å². The van der Waals surface area contributed by atoms with Crippen LogP contribution >= 0.6 is 0 Å². The van der Waals surface area contributed by atoms with Crippen molar-refractivity contribution in [2.75, 3.05) is 0 Å². The highest BCUT2D eigenvalue weighted by Crippen LogP contribution is 2.29. The minimum Gasteiger partial charge on any atom is -0.207 e. The Morgan fingerprint density at radius 1 is 1.17 bits per heavy atom. The second-order valence-electron chi connectivity index (χ2n) is 2.51. The summed E-state index contributed by atoms with van der Waals surface area (Å²) in [6, 6.07) is 1.98. The molecule has 0 spiro atoms. The Labute approximate surface area is 66.8 Å². The van der Waals surface area contributed by atoms with Crippen LogP contribution in [0, 0.1) is 11.6 Å². The molecule has 66 valence electrons. The lowest BCUT2D eigenvalue weighted by Crippen LogP contribution is -2.09. The van der Waals surface area contributed by atoms with E-state index in [0.717, 1.165) is 12.1 Å². The van der Waals surface area contributed by atoms with Gasteiger partial charge in [0.25, 0.3) is 5.92 Å². The first-order valence-electron chi connectivity index (χ1n) is 3.24. The molecule has 0 heterocycles. The molecule has 12 heavy (non-hydrogen) atoms. The van der Waals surface area contributed by atoms with Crippen molar-refractivity contribution < 1.29 is 17.6 Å². The van der Waals surface area contributed by atoms with Gasteiger partial charge in [0.1, 0.15) is 11.6 Å². The largest absolute Gasteiger partial charge is 0.273 e. The van der Waals surface area contributed by atoms with Crippen molar-refractivity contribution in [1.29, 1.82) is 0 Å². The van der Waals surface area contributed by atoms with Crippen molar-refractivity contribution in [1.82, 2.24) is 0 Å². The van der Waals surface area contributed by atoms with Gasteiger partial charge in [-0.1, -0.05) is 0 Å². The summed E-state index contributed by atoms with van der Waals surface area (Å²) >= 11 is 0. The average Bonchev–Trinajstić information content (AvgIpc) is 1.83. The van der Waals surface area contributed by atoms with Crippen LogP contribution in [0.5, 0.6) is 0 Å². The lowest BCUT2D eigenvalue weighted by molar-refractivity contribution is 0.0137. The van der Waals surface area contributed by atoms with Crippen molar-refractivity contribution in [3.05, 3.63) is 35.4 Å². The van der Waals surface area contributed by atoms with E-state index in [1.165, 1.54) is 0 Å². The number of alkyl halides is 2. The minimum atomic E-state index is -3.27. The molecule has 0 radical (unpaired) electrons. The van der Waals surface area contributed by atoms with Crippen LogP contribution in [0.15, 0.2) is 18.2 Å². The van der Waals surface area contributed by atoms with E-state index in [1.807, 2.05) is 0 Å². The number of halogens is 4. The summed E-state index contributed by atoms with van der Waals surface area (Å²) in [7, 11) is 0. The lowest BCUT2D eigenvalue weighted by atomic mass is 10.1. The van der Waals surface area contributed by atoms with Gasteiger partial charge >= 0.3 is 0 Å². The maximum Gasteiger partial charge on any atom is 0.273 e. The Kier molecular flexibility index (Phi) is 2.08. The number of hydrogen-bond donors (Lipinski definition) is 0. The molecule has 0 nitrogen and oxygen atoms in total. The maximum absolute atomic E-state index is 12.6. The molecule has 0 N–H and O–H groups in total. The molecule has 0 aliphatic rings. The third-order valence-corrected chi connectivity index (χ3v) is 1.40. The van der Waals surface area contributed by atoms with E-state index >= 15 is 0 Å². The van der Waals surface area contributed by atoms with Gasteiger partial charge in [-0.05, 0) is 12.1 Å². The molecule has 0 fully saturated rings. The van der Waals surface area contributed by atoms with E-state index in [0.29, 0.717) is 13.0 Å². The summed E-state index contributed by atoms with van der Waals surface area (Å²) in [5, 5.41) is 0. The van der Waals surface area contributed by atoms with E-state index in [1.54, 1.807) is 0 Å². The van der Waals surface area contributed by atoms with Crippen molar-refractivity contribution in [2.24, 2.45) is 0 Å². The summed E-state index contributed by atoms with van der Waals surface area (Å²) in [5.74, 6) is -5.35. The molecule has 0 aliphatic carbocycles. The van der Waals surface area contributed by atoms with Gasteiger partial charge in [0.05, 0.1) is 5.56 Å². The Hall–Kier alpha value is -1.06. The first kappa shape index (κ1) is 9.03. The van der Waals surface area contributed by atoms with Crippen LogP contribution in [0.4, 0.5) is 17.6 Å². The Morgan fingerprint density at radius 3 is 2.17 bits per heavy atom. The summed E-state index contributed by atoms with van der Waals surface area (Å²) in [5.41, 5.74) is -0.788. The third kappa shape index (κ3) is 1.75. The van der Waals surface area contributed by atoms with E-state index < -0.39 is 23.1 Å². The molecule has 1 rings (SSSR count). The van der Waals surface area contributed by atoms with Crippen LogP contribution in [-0.2, 0) is 5.92 Å². The monoisotopic (exact) mass is 178 g/mol. The number of rotatable bonds is 1. The zero-order valence-corrected chi connectivity index (χ0v) is 6.24. The normalized spacial score (nSPS) is 11.8. The average molecular weight is 178 g/mol. The second kappa shape index (κ2) is 2.77. The standard InChI is InChI=1S/C8H6F4/c1-8(11,12)6-3-2-5(9)4-7(6)10/h2-4H,1H3. The van der Waals surface area contributed by atoms with Gasteiger partial charge in [-0.15, -0.1) is 0 Å². The topological polar surface area (TPSA) is 0 Å². The van der Waals surface area contributed by atoms with Crippen molar-refractivity contribution >= 4 is 0 Å². The molecular weight excluding hydrogens is 172 g/mol. The quantitative estimate of drug-likeness (QED) is 0.579. The van der Waals surface area contributed by atoms with Crippen LogP contribution in [0.25, 0.3) is 0 Å². The Morgan fingerprint density at radius 2 is 1.75 bits per heavy atom. The molecular formula is C8H6F4. The highest BCUT2D eigenvalue weighted by atomic mass is 19.3. The second-order valence-corrected chi connectivity index (χ2v) is 2.51. The van der Waals surface area contributed by atoms with Crippen molar-refractivity contribution in [2.45, 2.75) is 12.8 Å². The third-order valence-electron chi connectivity index (χ3n) is 1.40. The summed E-state index contributed by atoms with van der Waals surface area (Å²) in [6.45, 7) is 0.559. The van der Waals surface area contributed by atoms with E-state index in [9.17, 15) is 17.6 Å². The fourth-order valence-electron chi connectivity index (χ4n) is 0.845. The van der Waals surface area contributed by atoms with Gasteiger partial charge in [-0.3, -0.25) is 0 Å². The fourth-order valence-corrected chi connectivity index (χ4v) is 0.845. The highest BCUT2D eigenvalue weighted by Gasteiger charge is 2.27. The van der Waals surface area contributed by atoms with Gasteiger partial charge in [-0.2, -0.15) is 0 Å². The summed E-state index contributed by atoms with van der Waals surface area (Å²) in [4.78, 5) is 0. The minimum absolute atomic E-state index is 0.437. The molecule has 0 saturated carbocycles. The zero-order valence-electron chi connectivity index (χ0n) is 6.24. The van der Waals surface area contributed by atoms with Gasteiger partial charge in [0, 0.05) is 13.0 Å². The van der Waals surface area contributed by atoms with E-state index in [2.05, 4.69) is 0 Å². The molecule has 0 bridgehead atoms. The summed E-state index contributed by atoms with van der Waals surface area (Å²) < 4.78 is 49.8. The molecule has 1 aromatic rings. The van der Waals surface area contributed by atoms with Crippen molar-refractivity contribution in [3.63, 3.8) is 0 Å². The highest BCUT2D eigenvalue weighted by molar-refractivity contribution is 5.22. The van der Waals surface area contributed by atoms with Crippen LogP contribution in [-0.4, -0.2) is 0 Å². The molecule has 0 aliphatic heterocycles. The predicted octanol–water partition coefficient (Wildman–Crippen LogP) is 3.08. The zero-order chi connectivity index (χ0) is 9.35. The predicted molar refractivity (Wildman–Crippen MR) is 35.9 cm³/mol. The first-order chi connectivity index (χ1) is 5.41. The maximum atomic E-state index is 12.6. The van der Waals surface area contributed by atoms with Gasteiger partial charge in [-0.25, -0.2) is 17.6 Å². The number of hydrogen-bond acceptors (Lipinski definition) is 0. The summed E-state index contributed by atoms with van der Waals surface area (Å²) in [6.07, 6.45) is 0. The molecule has 0 unspecified atom stereocenters. The Bertz CT molecular complexity index is 288. The van der Waals surface area contributed by atoms with Gasteiger partial charge < -0.3 is 0 Å². The Balaban J connectivity index is 3.19. The van der Waals surface area contributed by atoms with Crippen LogP contribution < -0.4 is 0 Å². The lowest BCUT2D eigenvalue weighted by Gasteiger charge is -2.10. The molecule has 1 aromatic carbocycles. The first-order valence-corrected chi connectivity index (χ1v) is 3.24. The fraction of sp³-hybridized carbons (Fsp3) is 0.250. The van der Waals surface area contributed by atoms with Crippen LogP contribution in [0.2, 0.25) is 0 Å². The number of benzene rings is 1. The van der Waals surface area contributed by atoms with E-state index in [4.69, 9.17) is 0 Å².